The van der Waals surface area contributed by atoms with Crippen molar-refractivity contribution in [3.05, 3.63) is 58.7 Å². The molecule has 0 saturated heterocycles. The van der Waals surface area contributed by atoms with E-state index in [1.807, 2.05) is 19.1 Å². The molecule has 0 aliphatic heterocycles. The summed E-state index contributed by atoms with van der Waals surface area (Å²) in [6.45, 7) is 6.16. The molecule has 2 rings (SSSR count). The fourth-order valence-corrected chi connectivity index (χ4v) is 3.10. The second-order valence-electron chi connectivity index (χ2n) is 8.84. The Balaban J connectivity index is 2.19. The molecule has 0 aromatic heterocycles. The molecular weight excluding hydrogens is 494 g/mol. The van der Waals surface area contributed by atoms with Crippen LogP contribution in [-0.4, -0.2) is 38.8 Å². The molecular formula is C25H29F6O5+. The molecule has 200 valence electrons. The lowest BCUT2D eigenvalue weighted by atomic mass is 9.83. The third-order valence-corrected chi connectivity index (χ3v) is 5.25. The summed E-state index contributed by atoms with van der Waals surface area (Å²) in [7, 11) is 1.22. The van der Waals surface area contributed by atoms with Gasteiger partial charge in [-0.1, -0.05) is 26.3 Å². The molecule has 0 amide bonds. The molecule has 0 heterocycles. The van der Waals surface area contributed by atoms with Crippen molar-refractivity contribution in [3.8, 4) is 11.5 Å². The molecule has 1 aromatic carbocycles. The van der Waals surface area contributed by atoms with Gasteiger partial charge in [0.2, 0.25) is 0 Å². The van der Waals surface area contributed by atoms with Crippen molar-refractivity contribution in [1.82, 2.24) is 0 Å². The number of hydrogen-bond donors (Lipinski definition) is 0. The van der Waals surface area contributed by atoms with Gasteiger partial charge < -0.3 is 9.47 Å². The van der Waals surface area contributed by atoms with Crippen LogP contribution in [0.25, 0.3) is 0 Å². The largest absolute Gasteiger partial charge is 0.522 e. The van der Waals surface area contributed by atoms with Gasteiger partial charge in [0.15, 0.2) is 6.61 Å². The van der Waals surface area contributed by atoms with E-state index in [-0.39, 0.29) is 41.3 Å². The minimum Gasteiger partial charge on any atom is -0.497 e. The van der Waals surface area contributed by atoms with Crippen molar-refractivity contribution in [3.63, 3.8) is 0 Å². The van der Waals surface area contributed by atoms with Crippen molar-refractivity contribution in [2.45, 2.75) is 53.6 Å². The lowest BCUT2D eigenvalue weighted by Gasteiger charge is -2.22. The predicted molar refractivity (Wildman–Crippen MR) is 120 cm³/mol. The van der Waals surface area contributed by atoms with Crippen molar-refractivity contribution in [1.29, 1.82) is 0 Å². The van der Waals surface area contributed by atoms with E-state index < -0.39 is 25.9 Å². The molecule has 1 aliphatic carbocycles. The normalized spacial score (nSPS) is 14.3. The van der Waals surface area contributed by atoms with Gasteiger partial charge in [-0.3, -0.25) is 13.9 Å². The quantitative estimate of drug-likeness (QED) is 0.204. The highest BCUT2D eigenvalue weighted by molar-refractivity contribution is 6.01. The molecule has 1 aromatic rings. The van der Waals surface area contributed by atoms with E-state index in [0.717, 1.165) is 5.57 Å². The Labute approximate surface area is 205 Å². The molecule has 11 heteroatoms. The Bertz CT molecular complexity index is 970. The minimum absolute atomic E-state index is 0.00431. The zero-order valence-corrected chi connectivity index (χ0v) is 20.6. The number of benzene rings is 1. The van der Waals surface area contributed by atoms with Crippen LogP contribution >= 0.6 is 0 Å². The molecule has 1 aliphatic rings. The van der Waals surface area contributed by atoms with Crippen LogP contribution in [-0.2, 0) is 27.1 Å². The first-order chi connectivity index (χ1) is 16.6. The van der Waals surface area contributed by atoms with Crippen LogP contribution in [0.2, 0.25) is 0 Å². The SMILES string of the molecule is COc1cc(COC(F)(F)F)c(OCC[O+]=C2C=CC(=C(C)C(C)(C)C)C=C2)c(COC(F)(F)F)c1. The summed E-state index contributed by atoms with van der Waals surface area (Å²) in [6, 6.07) is 2.37. The molecule has 0 fully saturated rings. The first kappa shape index (κ1) is 29.4. The fourth-order valence-electron chi connectivity index (χ4n) is 3.10. The van der Waals surface area contributed by atoms with E-state index in [1.165, 1.54) is 24.8 Å². The zero-order valence-electron chi connectivity index (χ0n) is 20.6. The van der Waals surface area contributed by atoms with E-state index in [2.05, 4.69) is 30.2 Å². The van der Waals surface area contributed by atoms with E-state index in [4.69, 9.17) is 13.9 Å². The lowest BCUT2D eigenvalue weighted by Crippen LogP contribution is -2.17. The summed E-state index contributed by atoms with van der Waals surface area (Å²) >= 11 is 0. The number of methoxy groups -OCH3 is 1. The Morgan fingerprint density at radius 1 is 0.833 bits per heavy atom. The molecule has 0 atom stereocenters. The number of carbonyl (C=O) groups excluding carboxylic acids is 1. The summed E-state index contributed by atoms with van der Waals surface area (Å²) in [6.07, 6.45) is -2.58. The van der Waals surface area contributed by atoms with Gasteiger partial charge in [-0.15, -0.1) is 26.3 Å². The summed E-state index contributed by atoms with van der Waals surface area (Å²) in [5.41, 5.74) is 1.91. The first-order valence-corrected chi connectivity index (χ1v) is 10.9. The molecule has 0 N–H and O–H groups in total. The average molecular weight is 523 g/mol. The van der Waals surface area contributed by atoms with Crippen LogP contribution < -0.4 is 9.47 Å². The van der Waals surface area contributed by atoms with Gasteiger partial charge in [0, 0.05) is 23.3 Å². The highest BCUT2D eigenvalue weighted by atomic mass is 19.4. The molecule has 36 heavy (non-hydrogen) atoms. The summed E-state index contributed by atoms with van der Waals surface area (Å²) < 4.78 is 99.5. The fraction of sp³-hybridized carbons (Fsp3) is 0.480. The highest BCUT2D eigenvalue weighted by Gasteiger charge is 2.32. The van der Waals surface area contributed by atoms with E-state index in [0.29, 0.717) is 5.78 Å². The topological polar surface area (TPSA) is 48.2 Å². The van der Waals surface area contributed by atoms with E-state index in [9.17, 15) is 26.3 Å². The van der Waals surface area contributed by atoms with Crippen molar-refractivity contribution in [2.24, 2.45) is 5.41 Å². The van der Waals surface area contributed by atoms with E-state index >= 15 is 0 Å². The average Bonchev–Trinajstić information content (AvgIpc) is 2.77. The zero-order chi connectivity index (χ0) is 27.1. The molecule has 0 unspecified atom stereocenters. The minimum atomic E-state index is -4.96. The monoisotopic (exact) mass is 523 g/mol. The van der Waals surface area contributed by atoms with Gasteiger partial charge in [0.1, 0.15) is 11.5 Å². The van der Waals surface area contributed by atoms with Crippen molar-refractivity contribution < 1.29 is 49.7 Å². The second-order valence-corrected chi connectivity index (χ2v) is 8.84. The summed E-state index contributed by atoms with van der Waals surface area (Å²) in [4.78, 5) is 0. The van der Waals surface area contributed by atoms with Crippen LogP contribution in [0.1, 0.15) is 38.8 Å². The number of allylic oxidation sites excluding steroid dienone is 6. The maximum atomic E-state index is 12.6. The first-order valence-electron chi connectivity index (χ1n) is 10.9. The molecule has 5 nitrogen and oxygen atoms in total. The Hall–Kier alpha value is -2.79. The molecule has 0 spiro atoms. The third kappa shape index (κ3) is 9.69. The van der Waals surface area contributed by atoms with Gasteiger partial charge in [-0.25, -0.2) is 0 Å². The maximum absolute atomic E-state index is 12.6. The van der Waals surface area contributed by atoms with Crippen molar-refractivity contribution in [2.75, 3.05) is 20.3 Å². The van der Waals surface area contributed by atoms with Crippen LogP contribution in [0.4, 0.5) is 26.3 Å². The van der Waals surface area contributed by atoms with E-state index in [1.54, 1.807) is 12.2 Å². The lowest BCUT2D eigenvalue weighted by molar-refractivity contribution is -0.457. The number of hydrogen-bond acceptors (Lipinski definition) is 4. The maximum Gasteiger partial charge on any atom is 0.522 e. The van der Waals surface area contributed by atoms with Crippen LogP contribution in [0, 0.1) is 5.41 Å². The smallest absolute Gasteiger partial charge is 0.497 e. The van der Waals surface area contributed by atoms with Crippen molar-refractivity contribution >= 4 is 5.78 Å². The Morgan fingerprint density at radius 2 is 1.33 bits per heavy atom. The summed E-state index contributed by atoms with van der Waals surface area (Å²) in [5.74, 6) is 0.307. The molecule has 0 saturated carbocycles. The number of rotatable bonds is 9. The number of halogens is 6. The number of alkyl halides is 6. The molecule has 0 radical (unpaired) electrons. The van der Waals surface area contributed by atoms with Gasteiger partial charge in [0.05, 0.1) is 20.3 Å². The predicted octanol–water partition coefficient (Wildman–Crippen LogP) is 6.74. The van der Waals surface area contributed by atoms with Gasteiger partial charge in [-0.2, -0.15) is 0 Å². The third-order valence-electron chi connectivity index (χ3n) is 5.25. The highest BCUT2D eigenvalue weighted by Crippen LogP contribution is 2.34. The van der Waals surface area contributed by atoms with Gasteiger partial charge in [-0.05, 0) is 42.2 Å². The Kier molecular flexibility index (Phi) is 9.78. The van der Waals surface area contributed by atoms with Crippen LogP contribution in [0.3, 0.4) is 0 Å². The second kappa shape index (κ2) is 12.0. The van der Waals surface area contributed by atoms with Crippen LogP contribution in [0.15, 0.2) is 47.6 Å². The Morgan fingerprint density at radius 3 is 1.75 bits per heavy atom. The van der Waals surface area contributed by atoms with Crippen LogP contribution in [0.5, 0.6) is 11.5 Å². The van der Waals surface area contributed by atoms with Gasteiger partial charge in [0.25, 0.3) is 6.61 Å². The number of ketones is 1. The number of ether oxygens (including phenoxy) is 4. The summed E-state index contributed by atoms with van der Waals surface area (Å²) in [5, 5.41) is 0. The standard InChI is InChI=1S/C25H29F6O5/c1-16(23(2,3)4)17-6-8-20(9-7-17)33-10-11-34-22-18(14-35-24(26,27)28)12-21(32-5)13-19(22)15-36-25(29,30)31/h6-9,12-13H,10-11,14-15H2,1-5H3/q+1. The van der Waals surface area contributed by atoms with Gasteiger partial charge >= 0.3 is 18.5 Å². The molecule has 0 bridgehead atoms.